The molecule has 1 fully saturated rings. The number of nitrogens with one attached hydrogen (secondary N) is 1. The van der Waals surface area contributed by atoms with Gasteiger partial charge in [-0.3, -0.25) is 4.79 Å². The quantitative estimate of drug-likeness (QED) is 0.779. The summed E-state index contributed by atoms with van der Waals surface area (Å²) in [5.74, 6) is 0.106. The summed E-state index contributed by atoms with van der Waals surface area (Å²) < 4.78 is 2.04. The molecule has 128 valence electrons. The van der Waals surface area contributed by atoms with Crippen LogP contribution in [0.1, 0.15) is 30.9 Å². The summed E-state index contributed by atoms with van der Waals surface area (Å²) in [4.78, 5) is 21.2. The average molecular weight is 334 g/mol. The number of carbonyl (C=O) groups is 1. The van der Waals surface area contributed by atoms with Crippen LogP contribution < -0.4 is 5.32 Å². The van der Waals surface area contributed by atoms with E-state index in [4.69, 9.17) is 4.98 Å². The van der Waals surface area contributed by atoms with Crippen molar-refractivity contribution in [1.82, 2.24) is 19.9 Å². The number of hydrogen-bond donors (Lipinski definition) is 1. The van der Waals surface area contributed by atoms with Crippen molar-refractivity contribution in [1.29, 1.82) is 0 Å². The van der Waals surface area contributed by atoms with E-state index in [2.05, 4.69) is 36.3 Å². The van der Waals surface area contributed by atoms with Crippen LogP contribution in [0, 0.1) is 6.92 Å². The van der Waals surface area contributed by atoms with Crippen molar-refractivity contribution >= 4 is 16.8 Å². The van der Waals surface area contributed by atoms with Crippen LogP contribution in [0.4, 0.5) is 0 Å². The fourth-order valence-corrected chi connectivity index (χ4v) is 3.04. The highest BCUT2D eigenvalue weighted by atomic mass is 16.1. The minimum atomic E-state index is 0.106. The van der Waals surface area contributed by atoms with E-state index in [1.54, 1.807) is 0 Å². The Kier molecular flexibility index (Phi) is 3.99. The molecule has 1 N–H and O–H groups in total. The van der Waals surface area contributed by atoms with Gasteiger partial charge in [0, 0.05) is 24.2 Å². The molecule has 0 atom stereocenters. The number of rotatable bonds is 5. The number of pyridine rings is 1. The molecule has 1 saturated carbocycles. The molecule has 1 amide bonds. The maximum absolute atomic E-state index is 12.0. The van der Waals surface area contributed by atoms with E-state index in [-0.39, 0.29) is 5.91 Å². The second-order valence-corrected chi connectivity index (χ2v) is 6.78. The zero-order valence-electron chi connectivity index (χ0n) is 14.6. The number of nitrogens with zero attached hydrogens (tertiary/aromatic N) is 3. The lowest BCUT2D eigenvalue weighted by Crippen LogP contribution is -2.26. The van der Waals surface area contributed by atoms with Gasteiger partial charge in [0.1, 0.15) is 5.69 Å². The zero-order valence-corrected chi connectivity index (χ0v) is 14.6. The van der Waals surface area contributed by atoms with Crippen LogP contribution in [0.2, 0.25) is 0 Å². The van der Waals surface area contributed by atoms with Crippen LogP contribution in [-0.2, 0) is 17.8 Å². The lowest BCUT2D eigenvalue weighted by molar-refractivity contribution is -0.120. The molecule has 1 aliphatic carbocycles. The topological polar surface area (TPSA) is 59.8 Å². The average Bonchev–Trinajstić information content (AvgIpc) is 3.27. The number of amides is 1. The normalized spacial score (nSPS) is 14.0. The van der Waals surface area contributed by atoms with E-state index in [1.165, 1.54) is 0 Å². The lowest BCUT2D eigenvalue weighted by atomic mass is 10.0. The molecular formula is C20H22N4O. The number of carbonyl (C=O) groups excluding carboxylic acids is 1. The second-order valence-electron chi connectivity index (χ2n) is 6.78. The number of benzene rings is 1. The van der Waals surface area contributed by atoms with Crippen molar-refractivity contribution < 1.29 is 4.79 Å². The molecule has 0 radical (unpaired) electrons. The van der Waals surface area contributed by atoms with Crippen LogP contribution >= 0.6 is 0 Å². The number of imidazole rings is 1. The molecule has 1 aliphatic rings. The van der Waals surface area contributed by atoms with Gasteiger partial charge in [-0.1, -0.05) is 6.07 Å². The highest BCUT2D eigenvalue weighted by Gasteiger charge is 2.23. The summed E-state index contributed by atoms with van der Waals surface area (Å²) >= 11 is 0. The first-order valence-electron chi connectivity index (χ1n) is 8.84. The summed E-state index contributed by atoms with van der Waals surface area (Å²) in [6.45, 7) is 5.07. The van der Waals surface area contributed by atoms with Crippen molar-refractivity contribution in [3.05, 3.63) is 47.9 Å². The summed E-state index contributed by atoms with van der Waals surface area (Å²) in [6, 6.07) is 8.55. The van der Waals surface area contributed by atoms with Gasteiger partial charge < -0.3 is 9.88 Å². The Morgan fingerprint density at radius 1 is 1.28 bits per heavy atom. The highest BCUT2D eigenvalue weighted by Crippen LogP contribution is 2.25. The highest BCUT2D eigenvalue weighted by molar-refractivity contribution is 5.87. The van der Waals surface area contributed by atoms with Gasteiger partial charge in [-0.15, -0.1) is 0 Å². The SMILES string of the molecule is CCn1cnc(-c2cc(C)c3cc(CC(=O)NC4CC4)ccc3n2)c1. The van der Waals surface area contributed by atoms with E-state index in [0.717, 1.165) is 52.8 Å². The van der Waals surface area contributed by atoms with Gasteiger partial charge in [0.15, 0.2) is 0 Å². The minimum absolute atomic E-state index is 0.106. The van der Waals surface area contributed by atoms with Crippen molar-refractivity contribution in [3.8, 4) is 11.4 Å². The smallest absolute Gasteiger partial charge is 0.224 e. The molecule has 0 bridgehead atoms. The minimum Gasteiger partial charge on any atom is -0.353 e. The monoisotopic (exact) mass is 334 g/mol. The third-order valence-electron chi connectivity index (χ3n) is 4.65. The molecule has 0 aliphatic heterocycles. The van der Waals surface area contributed by atoms with Crippen molar-refractivity contribution in [2.24, 2.45) is 0 Å². The van der Waals surface area contributed by atoms with Crippen LogP contribution in [-0.4, -0.2) is 26.5 Å². The first-order chi connectivity index (χ1) is 12.1. The molecule has 0 unspecified atom stereocenters. The molecule has 5 nitrogen and oxygen atoms in total. The van der Waals surface area contributed by atoms with Gasteiger partial charge in [0.25, 0.3) is 0 Å². The summed E-state index contributed by atoms with van der Waals surface area (Å²) in [5.41, 5.74) is 4.89. The first-order valence-corrected chi connectivity index (χ1v) is 8.84. The molecule has 2 heterocycles. The van der Waals surface area contributed by atoms with Gasteiger partial charge in [-0.05, 0) is 56.0 Å². The van der Waals surface area contributed by atoms with E-state index in [1.807, 2.05) is 29.2 Å². The molecule has 1 aromatic carbocycles. The van der Waals surface area contributed by atoms with Crippen LogP contribution in [0.5, 0.6) is 0 Å². The number of fused-ring (bicyclic) bond motifs is 1. The molecule has 2 aromatic heterocycles. The number of hydrogen-bond acceptors (Lipinski definition) is 3. The van der Waals surface area contributed by atoms with Gasteiger partial charge >= 0.3 is 0 Å². The first kappa shape index (κ1) is 15.8. The Morgan fingerprint density at radius 3 is 2.84 bits per heavy atom. The fourth-order valence-electron chi connectivity index (χ4n) is 3.04. The maximum Gasteiger partial charge on any atom is 0.224 e. The molecule has 0 spiro atoms. The Bertz CT molecular complexity index is 940. The Morgan fingerprint density at radius 2 is 2.12 bits per heavy atom. The third-order valence-corrected chi connectivity index (χ3v) is 4.65. The van der Waals surface area contributed by atoms with E-state index >= 15 is 0 Å². The summed E-state index contributed by atoms with van der Waals surface area (Å²) in [5, 5.41) is 4.13. The maximum atomic E-state index is 12.0. The van der Waals surface area contributed by atoms with Gasteiger partial charge in [0.2, 0.25) is 5.91 Å². The van der Waals surface area contributed by atoms with Crippen LogP contribution in [0.3, 0.4) is 0 Å². The lowest BCUT2D eigenvalue weighted by Gasteiger charge is -2.08. The van der Waals surface area contributed by atoms with E-state index in [9.17, 15) is 4.79 Å². The molecule has 3 aromatic rings. The standard InChI is InChI=1S/C20H22N4O/c1-3-24-11-19(21-12-24)18-8-13(2)16-9-14(4-7-17(16)23-18)10-20(25)22-15-5-6-15/h4,7-9,11-12,15H,3,5-6,10H2,1-2H3,(H,22,25). The zero-order chi connectivity index (χ0) is 17.4. The molecule has 4 rings (SSSR count). The summed E-state index contributed by atoms with van der Waals surface area (Å²) in [6.07, 6.45) is 6.50. The molecular weight excluding hydrogens is 312 g/mol. The predicted octanol–water partition coefficient (Wildman–Crippen LogP) is 3.25. The molecule has 25 heavy (non-hydrogen) atoms. The Hall–Kier alpha value is -2.69. The van der Waals surface area contributed by atoms with Crippen molar-refractivity contribution in [2.45, 2.75) is 45.7 Å². The van der Waals surface area contributed by atoms with Crippen LogP contribution in [0.15, 0.2) is 36.8 Å². The number of aromatic nitrogens is 3. The Balaban J connectivity index is 1.63. The van der Waals surface area contributed by atoms with Gasteiger partial charge in [-0.2, -0.15) is 0 Å². The van der Waals surface area contributed by atoms with Crippen molar-refractivity contribution in [2.75, 3.05) is 0 Å². The molecule has 5 heteroatoms. The second kappa shape index (κ2) is 6.31. The number of aryl methyl sites for hydroxylation is 2. The largest absolute Gasteiger partial charge is 0.353 e. The predicted molar refractivity (Wildman–Crippen MR) is 98.2 cm³/mol. The third kappa shape index (κ3) is 3.40. The van der Waals surface area contributed by atoms with Crippen LogP contribution in [0.25, 0.3) is 22.3 Å². The molecule has 0 saturated heterocycles. The van der Waals surface area contributed by atoms with Gasteiger partial charge in [0.05, 0.1) is 24.0 Å². The Labute approximate surface area is 147 Å². The van der Waals surface area contributed by atoms with E-state index in [0.29, 0.717) is 12.5 Å². The van der Waals surface area contributed by atoms with Crippen molar-refractivity contribution in [3.63, 3.8) is 0 Å². The van der Waals surface area contributed by atoms with Gasteiger partial charge in [-0.25, -0.2) is 9.97 Å². The summed E-state index contributed by atoms with van der Waals surface area (Å²) in [7, 11) is 0. The fraction of sp³-hybridized carbons (Fsp3) is 0.350. The van der Waals surface area contributed by atoms with E-state index < -0.39 is 0 Å².